The predicted octanol–water partition coefficient (Wildman–Crippen LogP) is 3.16. The Labute approximate surface area is 117 Å². The van der Waals surface area contributed by atoms with Crippen molar-refractivity contribution in [2.45, 2.75) is 44.2 Å². The molecular formula is C15H18F2N2O. The first-order chi connectivity index (χ1) is 9.58. The van der Waals surface area contributed by atoms with Gasteiger partial charge in [-0.1, -0.05) is 6.92 Å². The minimum Gasteiger partial charge on any atom is -0.487 e. The fourth-order valence-electron chi connectivity index (χ4n) is 2.51. The highest BCUT2D eigenvalue weighted by Crippen LogP contribution is 2.33. The lowest BCUT2D eigenvalue weighted by atomic mass is 9.99. The minimum atomic E-state index is -0.607. The first kappa shape index (κ1) is 14.7. The van der Waals surface area contributed by atoms with E-state index in [4.69, 9.17) is 4.74 Å². The van der Waals surface area contributed by atoms with Crippen molar-refractivity contribution in [1.82, 2.24) is 5.32 Å². The number of hydrogen-bond donors (Lipinski definition) is 1. The van der Waals surface area contributed by atoms with Gasteiger partial charge in [-0.2, -0.15) is 5.26 Å². The second kappa shape index (κ2) is 6.19. The van der Waals surface area contributed by atoms with E-state index < -0.39 is 17.2 Å². The van der Waals surface area contributed by atoms with Crippen molar-refractivity contribution in [1.29, 1.82) is 5.26 Å². The zero-order valence-electron chi connectivity index (χ0n) is 11.5. The number of nitrogens with zero attached hydrogens (tertiary/aromatic N) is 1. The SMILES string of the molecule is CCCNC1(C#N)CCC(Oc2cc(F)ccc2F)C1. The van der Waals surface area contributed by atoms with Gasteiger partial charge in [0.05, 0.1) is 6.07 Å². The van der Waals surface area contributed by atoms with Crippen LogP contribution in [-0.2, 0) is 0 Å². The Kier molecular flexibility index (Phi) is 4.56. The standard InChI is InChI=1S/C15H18F2N2O/c1-2-7-19-15(10-18)6-5-12(9-15)20-14-8-11(16)3-4-13(14)17/h3-4,8,12,19H,2,5-7,9H2,1H3. The quantitative estimate of drug-likeness (QED) is 0.901. The Hall–Kier alpha value is -1.67. The van der Waals surface area contributed by atoms with Gasteiger partial charge in [-0.3, -0.25) is 5.32 Å². The van der Waals surface area contributed by atoms with Crippen LogP contribution >= 0.6 is 0 Å². The number of halogens is 2. The monoisotopic (exact) mass is 280 g/mol. The molecule has 1 aromatic rings. The van der Waals surface area contributed by atoms with Gasteiger partial charge < -0.3 is 4.74 Å². The summed E-state index contributed by atoms with van der Waals surface area (Å²) >= 11 is 0. The maximum Gasteiger partial charge on any atom is 0.165 e. The molecule has 0 heterocycles. The zero-order chi connectivity index (χ0) is 14.6. The second-order valence-electron chi connectivity index (χ2n) is 5.18. The largest absolute Gasteiger partial charge is 0.487 e. The first-order valence-electron chi connectivity index (χ1n) is 6.86. The average Bonchev–Trinajstić information content (AvgIpc) is 2.85. The molecular weight excluding hydrogens is 262 g/mol. The fraction of sp³-hybridized carbons (Fsp3) is 0.533. The van der Waals surface area contributed by atoms with E-state index in [2.05, 4.69) is 11.4 Å². The van der Waals surface area contributed by atoms with Crippen LogP contribution in [0, 0.1) is 23.0 Å². The molecule has 2 atom stereocenters. The summed E-state index contributed by atoms with van der Waals surface area (Å²) in [5, 5.41) is 12.6. The van der Waals surface area contributed by atoms with Crippen LogP contribution in [0.5, 0.6) is 5.75 Å². The van der Waals surface area contributed by atoms with Crippen molar-refractivity contribution in [3.8, 4) is 11.8 Å². The molecule has 0 bridgehead atoms. The van der Waals surface area contributed by atoms with E-state index in [9.17, 15) is 14.0 Å². The van der Waals surface area contributed by atoms with E-state index in [1.54, 1.807) is 0 Å². The first-order valence-corrected chi connectivity index (χ1v) is 6.86. The highest BCUT2D eigenvalue weighted by molar-refractivity contribution is 5.26. The molecule has 0 radical (unpaired) electrons. The fourth-order valence-corrected chi connectivity index (χ4v) is 2.51. The van der Waals surface area contributed by atoms with E-state index in [0.29, 0.717) is 19.3 Å². The molecule has 0 aromatic heterocycles. The molecule has 5 heteroatoms. The summed E-state index contributed by atoms with van der Waals surface area (Å²) in [6, 6.07) is 5.44. The lowest BCUT2D eigenvalue weighted by molar-refractivity contribution is 0.191. The van der Waals surface area contributed by atoms with Crippen molar-refractivity contribution in [3.63, 3.8) is 0 Å². The Bertz CT molecular complexity index is 515. The summed E-state index contributed by atoms with van der Waals surface area (Å²) < 4.78 is 32.1. The van der Waals surface area contributed by atoms with Gasteiger partial charge in [-0.25, -0.2) is 8.78 Å². The number of rotatable bonds is 5. The molecule has 0 saturated heterocycles. The van der Waals surface area contributed by atoms with Gasteiger partial charge in [-0.15, -0.1) is 0 Å². The molecule has 1 N–H and O–H groups in total. The van der Waals surface area contributed by atoms with Crippen molar-refractivity contribution in [2.24, 2.45) is 0 Å². The Morgan fingerprint density at radius 1 is 1.50 bits per heavy atom. The highest BCUT2D eigenvalue weighted by atomic mass is 19.1. The molecule has 0 amide bonds. The molecule has 2 unspecified atom stereocenters. The van der Waals surface area contributed by atoms with Crippen LogP contribution < -0.4 is 10.1 Å². The average molecular weight is 280 g/mol. The molecule has 1 aliphatic rings. The second-order valence-corrected chi connectivity index (χ2v) is 5.18. The van der Waals surface area contributed by atoms with Crippen LogP contribution in [0.3, 0.4) is 0 Å². The molecule has 3 nitrogen and oxygen atoms in total. The molecule has 1 aromatic carbocycles. The summed E-state index contributed by atoms with van der Waals surface area (Å²) in [7, 11) is 0. The van der Waals surface area contributed by atoms with E-state index in [0.717, 1.165) is 31.2 Å². The van der Waals surface area contributed by atoms with Gasteiger partial charge in [0.1, 0.15) is 17.5 Å². The van der Waals surface area contributed by atoms with Crippen LogP contribution in [0.15, 0.2) is 18.2 Å². The topological polar surface area (TPSA) is 45.0 Å². The third kappa shape index (κ3) is 3.26. The molecule has 20 heavy (non-hydrogen) atoms. The minimum absolute atomic E-state index is 0.0840. The van der Waals surface area contributed by atoms with Crippen molar-refractivity contribution < 1.29 is 13.5 Å². The predicted molar refractivity (Wildman–Crippen MR) is 71.3 cm³/mol. The summed E-state index contributed by atoms with van der Waals surface area (Å²) in [5.74, 6) is -1.20. The van der Waals surface area contributed by atoms with Gasteiger partial charge in [-0.05, 0) is 37.9 Å². The van der Waals surface area contributed by atoms with Gasteiger partial charge in [0.25, 0.3) is 0 Å². The number of nitrogens with one attached hydrogen (secondary N) is 1. The van der Waals surface area contributed by atoms with Crippen LogP contribution in [0.25, 0.3) is 0 Å². The lowest BCUT2D eigenvalue weighted by Gasteiger charge is -2.22. The molecule has 0 spiro atoms. The maximum absolute atomic E-state index is 13.5. The van der Waals surface area contributed by atoms with Crippen LogP contribution in [-0.4, -0.2) is 18.2 Å². The molecule has 2 rings (SSSR count). The van der Waals surface area contributed by atoms with E-state index >= 15 is 0 Å². The maximum atomic E-state index is 13.5. The molecule has 1 fully saturated rings. The van der Waals surface area contributed by atoms with Gasteiger partial charge in [0.15, 0.2) is 11.6 Å². The number of nitriles is 1. The summed E-state index contributed by atoms with van der Waals surface area (Å²) in [6.07, 6.45) is 2.47. The molecule has 1 saturated carbocycles. The smallest absolute Gasteiger partial charge is 0.165 e. The van der Waals surface area contributed by atoms with Crippen molar-refractivity contribution in [2.75, 3.05) is 6.54 Å². The van der Waals surface area contributed by atoms with E-state index in [-0.39, 0.29) is 11.9 Å². The molecule has 108 valence electrons. The lowest BCUT2D eigenvalue weighted by Crippen LogP contribution is -2.42. The summed E-state index contributed by atoms with van der Waals surface area (Å²) in [4.78, 5) is 0. The van der Waals surface area contributed by atoms with Crippen LogP contribution in [0.4, 0.5) is 8.78 Å². The third-order valence-electron chi connectivity index (χ3n) is 3.58. The number of hydrogen-bond acceptors (Lipinski definition) is 3. The van der Waals surface area contributed by atoms with E-state index in [1.165, 1.54) is 0 Å². The van der Waals surface area contributed by atoms with E-state index in [1.807, 2.05) is 6.92 Å². The normalized spacial score (nSPS) is 25.4. The Morgan fingerprint density at radius 3 is 3.00 bits per heavy atom. The third-order valence-corrected chi connectivity index (χ3v) is 3.58. The van der Waals surface area contributed by atoms with Gasteiger partial charge in [0.2, 0.25) is 0 Å². The highest BCUT2D eigenvalue weighted by Gasteiger charge is 2.40. The van der Waals surface area contributed by atoms with Crippen molar-refractivity contribution in [3.05, 3.63) is 29.8 Å². The molecule has 1 aliphatic carbocycles. The van der Waals surface area contributed by atoms with Gasteiger partial charge >= 0.3 is 0 Å². The summed E-state index contributed by atoms with van der Waals surface area (Å²) in [5.41, 5.74) is -0.607. The van der Waals surface area contributed by atoms with Gasteiger partial charge in [0, 0.05) is 12.5 Å². The van der Waals surface area contributed by atoms with Crippen LogP contribution in [0.2, 0.25) is 0 Å². The van der Waals surface area contributed by atoms with Crippen LogP contribution in [0.1, 0.15) is 32.6 Å². The number of ether oxygens (including phenoxy) is 1. The number of benzene rings is 1. The summed E-state index contributed by atoms with van der Waals surface area (Å²) in [6.45, 7) is 2.79. The Balaban J connectivity index is 2.02. The zero-order valence-corrected chi connectivity index (χ0v) is 11.5. The molecule has 0 aliphatic heterocycles. The Morgan fingerprint density at radius 2 is 2.30 bits per heavy atom. The van der Waals surface area contributed by atoms with Crippen molar-refractivity contribution >= 4 is 0 Å².